The van der Waals surface area contributed by atoms with Gasteiger partial charge < -0.3 is 5.32 Å². The van der Waals surface area contributed by atoms with Gasteiger partial charge in [-0.1, -0.05) is 59.6 Å². The minimum absolute atomic E-state index is 0.604. The Labute approximate surface area is 200 Å². The molecular weight excluding hydrogens is 386 g/mol. The van der Waals surface area contributed by atoms with Crippen LogP contribution in [-0.2, 0) is 0 Å². The zero-order valence-corrected chi connectivity index (χ0v) is 22.0. The molecule has 0 amide bonds. The zero-order valence-electron chi connectivity index (χ0n) is 22.0. The smallest absolute Gasteiger partial charge is 0.00983 e. The Hall–Kier alpha value is -0.300. The van der Waals surface area contributed by atoms with Crippen molar-refractivity contribution in [2.24, 2.45) is 58.2 Å². The zero-order chi connectivity index (χ0) is 22.5. The molecule has 1 heteroatoms. The molecule has 1 nitrogen and oxygen atoms in total. The summed E-state index contributed by atoms with van der Waals surface area (Å²) < 4.78 is 0. The maximum atomic E-state index is 4.12. The second-order valence-corrected chi connectivity index (χ2v) is 13.9. The third-order valence-electron chi connectivity index (χ3n) is 12.4. The molecule has 5 aliphatic carbocycles. The van der Waals surface area contributed by atoms with Crippen LogP contribution in [0.3, 0.4) is 0 Å². The van der Waals surface area contributed by atoms with E-state index in [9.17, 15) is 0 Å². The number of hydrogen-bond donors (Lipinski definition) is 1. The van der Waals surface area contributed by atoms with Gasteiger partial charge in [0.2, 0.25) is 0 Å². The molecule has 0 saturated heterocycles. The van der Waals surface area contributed by atoms with E-state index < -0.39 is 0 Å². The molecule has 0 heterocycles. The van der Waals surface area contributed by atoms with Crippen LogP contribution in [-0.4, -0.2) is 12.6 Å². The predicted molar refractivity (Wildman–Crippen MR) is 137 cm³/mol. The lowest BCUT2D eigenvalue weighted by Crippen LogP contribution is -2.52. The van der Waals surface area contributed by atoms with Crippen molar-refractivity contribution in [3.05, 3.63) is 12.2 Å². The highest BCUT2D eigenvalue weighted by Crippen LogP contribution is 2.68. The first-order valence-electron chi connectivity index (χ1n) is 14.8. The van der Waals surface area contributed by atoms with Crippen molar-refractivity contribution in [3.8, 4) is 0 Å². The lowest BCUT2D eigenvalue weighted by Gasteiger charge is -2.59. The Balaban J connectivity index is 1.33. The molecule has 9 unspecified atom stereocenters. The van der Waals surface area contributed by atoms with E-state index in [1.54, 1.807) is 0 Å². The third kappa shape index (κ3) is 3.85. The van der Waals surface area contributed by atoms with E-state index in [0.29, 0.717) is 10.8 Å². The summed E-state index contributed by atoms with van der Waals surface area (Å²) >= 11 is 0. The van der Waals surface area contributed by atoms with Gasteiger partial charge in [-0.25, -0.2) is 0 Å². The average molecular weight is 440 g/mol. The first-order valence-corrected chi connectivity index (χ1v) is 14.8. The number of rotatable bonds is 7. The molecule has 0 aliphatic heterocycles. The summed E-state index contributed by atoms with van der Waals surface area (Å²) in [6, 6.07) is 0.787. The summed E-state index contributed by atoms with van der Waals surface area (Å²) in [4.78, 5) is 0. The Kier molecular flexibility index (Phi) is 6.63. The molecule has 10 atom stereocenters. The summed E-state index contributed by atoms with van der Waals surface area (Å²) in [5, 5.41) is 4.12. The predicted octanol–water partition coefficient (Wildman–Crippen LogP) is 8.25. The van der Waals surface area contributed by atoms with Gasteiger partial charge in [0.1, 0.15) is 0 Å². The van der Waals surface area contributed by atoms with Gasteiger partial charge in [-0.15, -0.1) is 0 Å². The van der Waals surface area contributed by atoms with Gasteiger partial charge in [0.05, 0.1) is 0 Å². The fraction of sp³-hybridized carbons (Fsp3) is 0.935. The number of allylic oxidation sites excluding steroid dienone is 2. The summed E-state index contributed by atoms with van der Waals surface area (Å²) in [5.74, 6) is 7.55. The topological polar surface area (TPSA) is 12.0 Å². The molecule has 1 N–H and O–H groups in total. The van der Waals surface area contributed by atoms with Crippen LogP contribution in [0.5, 0.6) is 0 Å². The van der Waals surface area contributed by atoms with Gasteiger partial charge in [-0.3, -0.25) is 0 Å². The highest BCUT2D eigenvalue weighted by molar-refractivity contribution is 5.14. The van der Waals surface area contributed by atoms with Crippen LogP contribution in [0.1, 0.15) is 112 Å². The van der Waals surface area contributed by atoms with E-state index in [1.807, 2.05) is 0 Å². The lowest BCUT2D eigenvalue weighted by atomic mass is 9.45. The Morgan fingerprint density at radius 3 is 2.53 bits per heavy atom. The first-order chi connectivity index (χ1) is 15.4. The molecule has 5 rings (SSSR count). The summed E-state index contributed by atoms with van der Waals surface area (Å²) in [7, 11) is 0. The van der Waals surface area contributed by atoms with E-state index in [-0.39, 0.29) is 0 Å². The van der Waals surface area contributed by atoms with E-state index in [0.717, 1.165) is 53.4 Å². The third-order valence-corrected chi connectivity index (χ3v) is 12.4. The summed E-state index contributed by atoms with van der Waals surface area (Å²) in [5.41, 5.74) is 1.21. The van der Waals surface area contributed by atoms with Crippen molar-refractivity contribution < 1.29 is 0 Å². The molecule has 0 spiro atoms. The largest absolute Gasteiger partial charge is 0.313 e. The summed E-state index contributed by atoms with van der Waals surface area (Å²) in [6.45, 7) is 14.1. The first kappa shape index (κ1) is 23.4. The van der Waals surface area contributed by atoms with Crippen LogP contribution in [0.25, 0.3) is 0 Å². The van der Waals surface area contributed by atoms with Crippen LogP contribution >= 0.6 is 0 Å². The molecule has 32 heavy (non-hydrogen) atoms. The quantitative estimate of drug-likeness (QED) is 0.394. The highest BCUT2D eigenvalue weighted by Gasteiger charge is 2.61. The summed E-state index contributed by atoms with van der Waals surface area (Å²) in [6.07, 6.45) is 22.7. The molecule has 0 bridgehead atoms. The normalized spacial score (nSPS) is 47.8. The lowest BCUT2D eigenvalue weighted by molar-refractivity contribution is -0.0929. The van der Waals surface area contributed by atoms with Gasteiger partial charge >= 0.3 is 0 Å². The van der Waals surface area contributed by atoms with Crippen molar-refractivity contribution in [1.29, 1.82) is 0 Å². The van der Waals surface area contributed by atoms with Gasteiger partial charge in [-0.05, 0) is 129 Å². The fourth-order valence-electron chi connectivity index (χ4n) is 9.85. The van der Waals surface area contributed by atoms with Crippen molar-refractivity contribution in [1.82, 2.24) is 5.32 Å². The van der Waals surface area contributed by atoms with Gasteiger partial charge in [0.15, 0.2) is 0 Å². The Morgan fingerprint density at radius 2 is 1.81 bits per heavy atom. The van der Waals surface area contributed by atoms with Crippen molar-refractivity contribution >= 4 is 0 Å². The van der Waals surface area contributed by atoms with Crippen LogP contribution < -0.4 is 5.32 Å². The van der Waals surface area contributed by atoms with E-state index >= 15 is 0 Å². The molecule has 5 aliphatic rings. The van der Waals surface area contributed by atoms with Crippen LogP contribution in [0, 0.1) is 58.2 Å². The molecule has 0 radical (unpaired) electrons. The van der Waals surface area contributed by atoms with Crippen LogP contribution in [0.2, 0.25) is 0 Å². The van der Waals surface area contributed by atoms with Crippen molar-refractivity contribution in [2.75, 3.05) is 6.54 Å². The number of hydrogen-bond acceptors (Lipinski definition) is 1. The van der Waals surface area contributed by atoms with E-state index in [4.69, 9.17) is 0 Å². The molecular formula is C31H53N. The molecule has 0 aromatic heterocycles. The number of fused-ring (bicyclic) bond motifs is 5. The van der Waals surface area contributed by atoms with Crippen molar-refractivity contribution in [3.63, 3.8) is 0 Å². The molecule has 0 aromatic rings. The Morgan fingerprint density at radius 1 is 1.00 bits per heavy atom. The standard InChI is InChI=1S/C31H53N/c1-6-21(2)20-32-29(23-10-9-11-23)19-27-22(3)18-28-25-14-13-24-12-7-8-16-30(24,4)26(25)15-17-31(27,28)5/h7,12,21-29,32H,6,8-11,13-20H2,1-5H3/t21-,22?,24?,25?,26?,27?,28?,29?,30?,31?/m0/s1. The Bertz CT molecular complexity index is 678. The molecule has 0 aromatic carbocycles. The van der Waals surface area contributed by atoms with Crippen molar-refractivity contribution in [2.45, 2.75) is 118 Å². The average Bonchev–Trinajstić information content (AvgIpc) is 3.00. The van der Waals surface area contributed by atoms with E-state index in [2.05, 4.69) is 52.1 Å². The number of nitrogens with one attached hydrogen (secondary N) is 1. The highest BCUT2D eigenvalue weighted by atomic mass is 14.9. The minimum atomic E-state index is 0.604. The second kappa shape index (κ2) is 9.05. The molecule has 4 saturated carbocycles. The van der Waals surface area contributed by atoms with Crippen LogP contribution in [0.4, 0.5) is 0 Å². The SMILES string of the molecule is CC[C@H](C)CNC(CC1C(C)CC2C3CCC4C=CCCC4(C)C3CCC12C)C1CCC1. The van der Waals surface area contributed by atoms with Gasteiger partial charge in [-0.2, -0.15) is 0 Å². The van der Waals surface area contributed by atoms with Gasteiger partial charge in [0, 0.05) is 6.04 Å². The molecule has 4 fully saturated rings. The van der Waals surface area contributed by atoms with E-state index in [1.165, 1.54) is 83.6 Å². The second-order valence-electron chi connectivity index (χ2n) is 13.9. The fourth-order valence-corrected chi connectivity index (χ4v) is 9.85. The minimum Gasteiger partial charge on any atom is -0.313 e. The maximum Gasteiger partial charge on any atom is 0.00983 e. The van der Waals surface area contributed by atoms with Crippen LogP contribution in [0.15, 0.2) is 12.2 Å². The molecule has 182 valence electrons. The maximum absolute atomic E-state index is 4.12. The monoisotopic (exact) mass is 439 g/mol. The van der Waals surface area contributed by atoms with Gasteiger partial charge in [0.25, 0.3) is 0 Å².